The van der Waals surface area contributed by atoms with Crippen LogP contribution in [-0.4, -0.2) is 36.1 Å². The van der Waals surface area contributed by atoms with Crippen molar-refractivity contribution in [3.05, 3.63) is 85.5 Å². The standard InChI is InChI=1S/C25H18Cl2F2N2O5S/c1-3-36-24(33)20-18(30)12(10-11-13(26)6-4-8-15(11)28)19-22(25(34)35-2)37-21(23(32)31(19)20)17-14(27)7-5-9-16(17)29/h4-10,21H,3,30H2,1-2H3/b12-10+/t21-/m0/s1. The van der Waals surface area contributed by atoms with Crippen LogP contribution in [0.25, 0.3) is 11.0 Å². The van der Waals surface area contributed by atoms with Gasteiger partial charge in [-0.1, -0.05) is 47.1 Å². The molecule has 192 valence electrons. The largest absolute Gasteiger partial charge is 0.465 e. The normalized spacial score (nSPS) is 15.5. The van der Waals surface area contributed by atoms with Crippen LogP contribution < -0.4 is 16.3 Å². The molecule has 0 aliphatic carbocycles. The molecular formula is C25H18Cl2F2N2O5S. The molecule has 1 aliphatic heterocycles. The number of nitrogens with zero attached hydrogens (tertiary/aromatic N) is 1. The Labute approximate surface area is 223 Å². The lowest BCUT2D eigenvalue weighted by Gasteiger charge is -2.24. The van der Waals surface area contributed by atoms with E-state index in [0.29, 0.717) is 11.8 Å². The van der Waals surface area contributed by atoms with Crippen molar-refractivity contribution in [1.29, 1.82) is 0 Å². The highest BCUT2D eigenvalue weighted by Gasteiger charge is 2.40. The molecule has 2 aromatic carbocycles. The SMILES string of the molecule is CCOC(=O)c1c(N)/c(=C\c2c(F)cccc2Cl)c2n1C(=O)[C@H](c1c(F)cccc1Cl)SC=2C(=O)OC. The molecule has 0 saturated carbocycles. The third kappa shape index (κ3) is 4.60. The number of nitrogens with two attached hydrogens (primary N) is 1. The first-order chi connectivity index (χ1) is 17.6. The van der Waals surface area contributed by atoms with E-state index in [4.69, 9.17) is 38.4 Å². The summed E-state index contributed by atoms with van der Waals surface area (Å²) >= 11 is 13.1. The quantitative estimate of drug-likeness (QED) is 0.464. The number of hydrogen-bond donors (Lipinski definition) is 1. The van der Waals surface area contributed by atoms with Crippen molar-refractivity contribution in [3.63, 3.8) is 0 Å². The Bertz CT molecular complexity index is 1550. The fraction of sp³-hybridized carbons (Fsp3) is 0.160. The predicted octanol–water partition coefficient (Wildman–Crippen LogP) is 4.07. The van der Waals surface area contributed by atoms with Crippen molar-refractivity contribution >= 4 is 69.5 Å². The number of hydrogen-bond acceptors (Lipinski definition) is 7. The van der Waals surface area contributed by atoms with E-state index >= 15 is 0 Å². The highest BCUT2D eigenvalue weighted by molar-refractivity contribution is 8.10. The Morgan fingerprint density at radius 3 is 2.35 bits per heavy atom. The fourth-order valence-corrected chi connectivity index (χ4v) is 5.76. The van der Waals surface area contributed by atoms with Gasteiger partial charge < -0.3 is 15.2 Å². The molecular weight excluding hydrogens is 549 g/mol. The molecule has 0 fully saturated rings. The van der Waals surface area contributed by atoms with Crippen LogP contribution in [0.1, 0.15) is 38.6 Å². The summed E-state index contributed by atoms with van der Waals surface area (Å²) in [5, 5.41) is -1.64. The van der Waals surface area contributed by atoms with Gasteiger partial charge in [-0.05, 0) is 37.3 Å². The van der Waals surface area contributed by atoms with Crippen LogP contribution in [0.4, 0.5) is 14.5 Å². The zero-order valence-electron chi connectivity index (χ0n) is 19.3. The third-order valence-electron chi connectivity index (χ3n) is 5.53. The summed E-state index contributed by atoms with van der Waals surface area (Å²) in [4.78, 5) is 39.6. The van der Waals surface area contributed by atoms with Crippen molar-refractivity contribution in [2.24, 2.45) is 0 Å². The average molecular weight is 567 g/mol. The Morgan fingerprint density at radius 2 is 1.76 bits per heavy atom. The number of esters is 2. The van der Waals surface area contributed by atoms with Gasteiger partial charge in [-0.15, -0.1) is 0 Å². The second kappa shape index (κ2) is 10.6. The fourth-order valence-electron chi connectivity index (χ4n) is 3.91. The van der Waals surface area contributed by atoms with Crippen LogP contribution in [0.2, 0.25) is 10.0 Å². The third-order valence-corrected chi connectivity index (χ3v) is 7.46. The smallest absolute Gasteiger partial charge is 0.357 e. The Hall–Kier alpha value is -3.34. The molecule has 1 atom stereocenters. The molecule has 12 heteroatoms. The topological polar surface area (TPSA) is 101 Å². The van der Waals surface area contributed by atoms with Gasteiger partial charge in [0.05, 0.1) is 29.8 Å². The maximum absolute atomic E-state index is 14.9. The van der Waals surface area contributed by atoms with Crippen LogP contribution in [-0.2, 0) is 14.3 Å². The van der Waals surface area contributed by atoms with Crippen molar-refractivity contribution in [2.45, 2.75) is 12.2 Å². The van der Waals surface area contributed by atoms with E-state index in [-0.39, 0.29) is 48.9 Å². The maximum Gasteiger partial charge on any atom is 0.357 e. The molecule has 1 aliphatic rings. The van der Waals surface area contributed by atoms with Crippen molar-refractivity contribution in [2.75, 3.05) is 19.5 Å². The number of fused-ring (bicyclic) bond motifs is 1. The highest BCUT2D eigenvalue weighted by atomic mass is 35.5. The average Bonchev–Trinajstić information content (AvgIpc) is 3.14. The van der Waals surface area contributed by atoms with E-state index in [1.807, 2.05) is 0 Å². The molecule has 0 spiro atoms. The molecule has 0 unspecified atom stereocenters. The van der Waals surface area contributed by atoms with Gasteiger partial charge >= 0.3 is 11.9 Å². The van der Waals surface area contributed by atoms with E-state index in [1.54, 1.807) is 6.92 Å². The van der Waals surface area contributed by atoms with Gasteiger partial charge in [0, 0.05) is 21.4 Å². The van der Waals surface area contributed by atoms with E-state index in [1.165, 1.54) is 30.3 Å². The van der Waals surface area contributed by atoms with Gasteiger partial charge in [0.2, 0.25) is 5.91 Å². The first kappa shape index (κ1) is 26.7. The van der Waals surface area contributed by atoms with Gasteiger partial charge in [0.25, 0.3) is 0 Å². The van der Waals surface area contributed by atoms with Gasteiger partial charge in [-0.3, -0.25) is 9.36 Å². The lowest BCUT2D eigenvalue weighted by molar-refractivity contribution is -0.133. The van der Waals surface area contributed by atoms with Crippen molar-refractivity contribution < 1.29 is 32.6 Å². The number of ether oxygens (including phenoxy) is 2. The molecule has 1 aromatic heterocycles. The molecule has 0 amide bonds. The Kier molecular flexibility index (Phi) is 7.63. The number of rotatable bonds is 5. The Morgan fingerprint density at radius 1 is 1.11 bits per heavy atom. The lowest BCUT2D eigenvalue weighted by atomic mass is 10.1. The molecule has 2 N–H and O–H groups in total. The number of carbonyl (C=O) groups excluding carboxylic acids is 3. The molecule has 3 aromatic rings. The second-order valence-electron chi connectivity index (χ2n) is 7.65. The van der Waals surface area contributed by atoms with E-state index in [2.05, 4.69) is 0 Å². The number of halogens is 4. The zero-order valence-corrected chi connectivity index (χ0v) is 21.6. The molecule has 0 radical (unpaired) electrons. The summed E-state index contributed by atoms with van der Waals surface area (Å²) in [5.74, 6) is -4.22. The first-order valence-electron chi connectivity index (χ1n) is 10.7. The molecule has 37 heavy (non-hydrogen) atoms. The van der Waals surface area contributed by atoms with Gasteiger partial charge in [-0.25, -0.2) is 18.4 Å². The molecule has 0 bridgehead atoms. The number of aromatic nitrogens is 1. The lowest BCUT2D eigenvalue weighted by Crippen LogP contribution is -2.43. The van der Waals surface area contributed by atoms with Crippen LogP contribution in [0, 0.1) is 11.6 Å². The summed E-state index contributed by atoms with van der Waals surface area (Å²) in [7, 11) is 1.11. The van der Waals surface area contributed by atoms with Crippen LogP contribution in [0.5, 0.6) is 0 Å². The number of benzene rings is 2. The summed E-state index contributed by atoms with van der Waals surface area (Å²) < 4.78 is 40.4. The Balaban J connectivity index is 2.17. The minimum Gasteiger partial charge on any atom is -0.465 e. The number of methoxy groups -OCH3 is 1. The van der Waals surface area contributed by atoms with Crippen LogP contribution >= 0.6 is 35.0 Å². The number of anilines is 1. The zero-order chi connectivity index (χ0) is 27.0. The van der Waals surface area contributed by atoms with E-state index in [0.717, 1.165) is 23.8 Å². The molecule has 7 nitrogen and oxygen atoms in total. The molecule has 4 rings (SSSR count). The summed E-state index contributed by atoms with van der Waals surface area (Å²) in [6, 6.07) is 7.84. The van der Waals surface area contributed by atoms with Crippen molar-refractivity contribution in [3.8, 4) is 0 Å². The highest BCUT2D eigenvalue weighted by Crippen LogP contribution is 2.43. The van der Waals surface area contributed by atoms with Gasteiger partial charge in [0.15, 0.2) is 5.69 Å². The molecule has 2 heterocycles. The summed E-state index contributed by atoms with van der Waals surface area (Å²) in [5.41, 5.74) is 5.34. The number of thioether (sulfide) groups is 1. The van der Waals surface area contributed by atoms with Crippen LogP contribution in [0.3, 0.4) is 0 Å². The van der Waals surface area contributed by atoms with Gasteiger partial charge in [0.1, 0.15) is 21.8 Å². The first-order valence-corrected chi connectivity index (χ1v) is 12.4. The molecule has 0 saturated heterocycles. The second-order valence-corrected chi connectivity index (χ2v) is 9.58. The summed E-state index contributed by atoms with van der Waals surface area (Å²) in [6.07, 6.45) is 1.22. The summed E-state index contributed by atoms with van der Waals surface area (Å²) in [6.45, 7) is 1.49. The maximum atomic E-state index is 14.9. The number of carbonyl (C=O) groups is 3. The number of nitrogen functional groups attached to an aromatic ring is 1. The minimum atomic E-state index is -1.39. The van der Waals surface area contributed by atoms with Crippen molar-refractivity contribution in [1.82, 2.24) is 4.57 Å². The van der Waals surface area contributed by atoms with Crippen LogP contribution in [0.15, 0.2) is 36.4 Å². The predicted molar refractivity (Wildman–Crippen MR) is 137 cm³/mol. The van der Waals surface area contributed by atoms with E-state index < -0.39 is 40.4 Å². The monoisotopic (exact) mass is 566 g/mol. The van der Waals surface area contributed by atoms with Gasteiger partial charge in [-0.2, -0.15) is 0 Å². The minimum absolute atomic E-state index is 0.0162. The van der Waals surface area contributed by atoms with E-state index in [9.17, 15) is 23.2 Å².